The van der Waals surface area contributed by atoms with Gasteiger partial charge in [-0.1, -0.05) is 197 Å². The zero-order chi connectivity index (χ0) is 43.7. The van der Waals surface area contributed by atoms with Crippen molar-refractivity contribution in [2.75, 3.05) is 13.2 Å². The first kappa shape index (κ1) is 57.8. The van der Waals surface area contributed by atoms with Crippen LogP contribution in [0.3, 0.4) is 0 Å². The number of rotatable bonds is 47. The minimum atomic E-state index is -0.862. The highest BCUT2D eigenvalue weighted by atomic mass is 16.5. The number of carbonyl (C=O) groups is 2. The average Bonchev–Trinajstić information content (AvgIpc) is 3.25. The van der Waals surface area contributed by atoms with E-state index in [1.807, 2.05) is 6.08 Å². The van der Waals surface area contributed by atoms with Gasteiger partial charge in [0.2, 0.25) is 5.91 Å². The molecule has 0 aromatic rings. The smallest absolute Gasteiger partial charge is 0.305 e. The fraction of sp³-hybridized carbons (Fsp3) is 0.815. The van der Waals surface area contributed by atoms with Crippen molar-refractivity contribution in [3.63, 3.8) is 0 Å². The maximum absolute atomic E-state index is 12.4. The third-order valence-corrected chi connectivity index (χ3v) is 11.6. The van der Waals surface area contributed by atoms with Crippen LogP contribution in [0.4, 0.5) is 0 Å². The van der Waals surface area contributed by atoms with E-state index in [2.05, 4.69) is 55.6 Å². The molecule has 60 heavy (non-hydrogen) atoms. The van der Waals surface area contributed by atoms with Gasteiger partial charge >= 0.3 is 5.97 Å². The van der Waals surface area contributed by atoms with Crippen LogP contribution in [0.1, 0.15) is 258 Å². The molecule has 0 heterocycles. The minimum Gasteiger partial charge on any atom is -0.466 e. The third kappa shape index (κ3) is 45.3. The SMILES string of the molecule is CCCCCC/C=C\C/C=C\CCCCCCCC(=O)OCCCCC/C=C\CCCCCCCC(=O)NC(CO)C(O)/C=C/CCCCCCCCCCCCCCC. The predicted molar refractivity (Wildman–Crippen MR) is 259 cm³/mol. The van der Waals surface area contributed by atoms with Crippen molar-refractivity contribution in [1.29, 1.82) is 0 Å². The monoisotopic (exact) mass is 842 g/mol. The van der Waals surface area contributed by atoms with Crippen LogP contribution in [0, 0.1) is 0 Å². The molecule has 0 aliphatic carbocycles. The van der Waals surface area contributed by atoms with Crippen LogP contribution in [-0.4, -0.2) is 47.4 Å². The molecule has 0 bridgehead atoms. The number of hydrogen-bond donors (Lipinski definition) is 3. The third-order valence-electron chi connectivity index (χ3n) is 11.6. The lowest BCUT2D eigenvalue weighted by atomic mass is 10.0. The first-order valence-corrected chi connectivity index (χ1v) is 25.9. The number of unbranched alkanes of at least 4 members (excludes halogenated alkanes) is 30. The Kier molecular flexibility index (Phi) is 47.7. The highest BCUT2D eigenvalue weighted by molar-refractivity contribution is 5.76. The topological polar surface area (TPSA) is 95.9 Å². The van der Waals surface area contributed by atoms with E-state index in [1.165, 1.54) is 128 Å². The fourth-order valence-corrected chi connectivity index (χ4v) is 7.54. The van der Waals surface area contributed by atoms with Crippen LogP contribution in [0.5, 0.6) is 0 Å². The number of esters is 1. The van der Waals surface area contributed by atoms with Crippen LogP contribution >= 0.6 is 0 Å². The van der Waals surface area contributed by atoms with Gasteiger partial charge in [-0.3, -0.25) is 9.59 Å². The highest BCUT2D eigenvalue weighted by Crippen LogP contribution is 2.14. The molecule has 0 spiro atoms. The van der Waals surface area contributed by atoms with Crippen LogP contribution in [0.2, 0.25) is 0 Å². The fourth-order valence-electron chi connectivity index (χ4n) is 7.54. The summed E-state index contributed by atoms with van der Waals surface area (Å²) in [6, 6.07) is -0.648. The number of ether oxygens (including phenoxy) is 1. The molecule has 0 saturated heterocycles. The summed E-state index contributed by atoms with van der Waals surface area (Å²) in [6.45, 7) is 4.81. The molecule has 2 unspecified atom stereocenters. The van der Waals surface area contributed by atoms with Gasteiger partial charge < -0.3 is 20.3 Å². The molecule has 0 fully saturated rings. The largest absolute Gasteiger partial charge is 0.466 e. The summed E-state index contributed by atoms with van der Waals surface area (Å²) in [5, 5.41) is 23.0. The molecule has 6 heteroatoms. The van der Waals surface area contributed by atoms with Gasteiger partial charge in [-0.15, -0.1) is 0 Å². The van der Waals surface area contributed by atoms with Gasteiger partial charge in [-0.05, 0) is 96.3 Å². The number of allylic oxidation sites excluding steroid dienone is 7. The van der Waals surface area contributed by atoms with Gasteiger partial charge in [0.15, 0.2) is 0 Å². The first-order chi connectivity index (χ1) is 29.5. The molecule has 0 rings (SSSR count). The molecule has 2 atom stereocenters. The van der Waals surface area contributed by atoms with Crippen molar-refractivity contribution in [1.82, 2.24) is 5.32 Å². The minimum absolute atomic E-state index is 0.0387. The van der Waals surface area contributed by atoms with Crippen molar-refractivity contribution in [3.05, 3.63) is 48.6 Å². The van der Waals surface area contributed by atoms with E-state index < -0.39 is 12.1 Å². The van der Waals surface area contributed by atoms with Gasteiger partial charge in [0, 0.05) is 12.8 Å². The number of aliphatic hydroxyl groups is 2. The molecule has 1 amide bonds. The number of amides is 1. The van der Waals surface area contributed by atoms with Gasteiger partial charge in [0.1, 0.15) is 0 Å². The lowest BCUT2D eigenvalue weighted by Gasteiger charge is -2.20. The summed E-state index contributed by atoms with van der Waals surface area (Å²) in [7, 11) is 0. The second-order valence-electron chi connectivity index (χ2n) is 17.5. The summed E-state index contributed by atoms with van der Waals surface area (Å²) in [5.74, 6) is -0.134. The van der Waals surface area contributed by atoms with Crippen molar-refractivity contribution >= 4 is 11.9 Å². The van der Waals surface area contributed by atoms with Gasteiger partial charge in [0.05, 0.1) is 25.4 Å². The van der Waals surface area contributed by atoms with Crippen LogP contribution in [-0.2, 0) is 14.3 Å². The molecule has 350 valence electrons. The molecule has 6 nitrogen and oxygen atoms in total. The summed E-state index contributed by atoms with van der Waals surface area (Å²) in [5.41, 5.74) is 0. The molecule has 3 N–H and O–H groups in total. The Balaban J connectivity index is 3.56. The summed E-state index contributed by atoms with van der Waals surface area (Å²) in [4.78, 5) is 24.4. The van der Waals surface area contributed by atoms with Crippen molar-refractivity contribution in [3.8, 4) is 0 Å². The molecule has 0 saturated carbocycles. The van der Waals surface area contributed by atoms with Gasteiger partial charge in [0.25, 0.3) is 0 Å². The number of nitrogens with one attached hydrogen (secondary N) is 1. The predicted octanol–water partition coefficient (Wildman–Crippen LogP) is 15.5. The Morgan fingerprint density at radius 2 is 0.833 bits per heavy atom. The highest BCUT2D eigenvalue weighted by Gasteiger charge is 2.18. The summed E-state index contributed by atoms with van der Waals surface area (Å²) >= 11 is 0. The maximum atomic E-state index is 12.4. The number of hydrogen-bond acceptors (Lipinski definition) is 5. The molecule has 0 aromatic carbocycles. The van der Waals surface area contributed by atoms with E-state index in [0.717, 1.165) is 103 Å². The first-order valence-electron chi connectivity index (χ1n) is 25.9. The normalized spacial score (nSPS) is 13.1. The van der Waals surface area contributed by atoms with E-state index in [9.17, 15) is 19.8 Å². The Hall–Kier alpha value is -2.18. The molecule has 0 aliphatic rings. The van der Waals surface area contributed by atoms with Gasteiger partial charge in [-0.25, -0.2) is 0 Å². The Bertz CT molecular complexity index is 1020. The Morgan fingerprint density at radius 1 is 0.467 bits per heavy atom. The molecule has 0 radical (unpaired) electrons. The number of aliphatic hydroxyl groups excluding tert-OH is 2. The summed E-state index contributed by atoms with van der Waals surface area (Å²) < 4.78 is 5.44. The van der Waals surface area contributed by atoms with E-state index >= 15 is 0 Å². The number of carbonyl (C=O) groups excluding carboxylic acids is 2. The Morgan fingerprint density at radius 3 is 1.30 bits per heavy atom. The van der Waals surface area contributed by atoms with Crippen LogP contribution in [0.15, 0.2) is 48.6 Å². The van der Waals surface area contributed by atoms with Crippen molar-refractivity contribution in [2.45, 2.75) is 270 Å². The summed E-state index contributed by atoms with van der Waals surface area (Å²) in [6.07, 6.45) is 61.1. The quantitative estimate of drug-likeness (QED) is 0.0322. The van der Waals surface area contributed by atoms with Crippen LogP contribution < -0.4 is 5.32 Å². The van der Waals surface area contributed by atoms with Gasteiger partial charge in [-0.2, -0.15) is 0 Å². The van der Waals surface area contributed by atoms with E-state index in [0.29, 0.717) is 19.4 Å². The van der Waals surface area contributed by atoms with E-state index in [-0.39, 0.29) is 18.5 Å². The van der Waals surface area contributed by atoms with Crippen molar-refractivity contribution < 1.29 is 24.5 Å². The Labute approximate surface area is 372 Å². The zero-order valence-corrected chi connectivity index (χ0v) is 39.7. The lowest BCUT2D eigenvalue weighted by Crippen LogP contribution is -2.45. The van der Waals surface area contributed by atoms with Crippen molar-refractivity contribution in [2.24, 2.45) is 0 Å². The standard InChI is InChI=1S/C54H99NO5/c1-3-5-7-9-11-13-15-17-19-21-23-28-32-36-40-44-48-54(59)60-49-45-41-37-33-29-25-24-27-31-35-39-43-47-53(58)55-51(50-56)52(57)46-42-38-34-30-26-22-20-18-16-14-12-10-8-6-4-2/h13,15,19,21,25,29,42,46,51-52,56-57H,3-12,14,16-18,20,22-24,26-28,30-41,43-45,47-50H2,1-2H3,(H,55,58)/b15-13-,21-19-,29-25-,46-42+. The zero-order valence-electron chi connectivity index (χ0n) is 39.7. The second kappa shape index (κ2) is 49.5. The van der Waals surface area contributed by atoms with E-state index in [1.54, 1.807) is 6.08 Å². The van der Waals surface area contributed by atoms with Crippen LogP contribution in [0.25, 0.3) is 0 Å². The lowest BCUT2D eigenvalue weighted by molar-refractivity contribution is -0.143. The molecule has 0 aromatic heterocycles. The average molecular weight is 842 g/mol. The molecule has 0 aliphatic heterocycles. The maximum Gasteiger partial charge on any atom is 0.305 e. The molecular formula is C54H99NO5. The molecular weight excluding hydrogens is 743 g/mol. The van der Waals surface area contributed by atoms with E-state index in [4.69, 9.17) is 4.74 Å². The second-order valence-corrected chi connectivity index (χ2v) is 17.5.